The predicted molar refractivity (Wildman–Crippen MR) is 134 cm³/mol. The van der Waals surface area contributed by atoms with E-state index in [0.29, 0.717) is 40.7 Å². The summed E-state index contributed by atoms with van der Waals surface area (Å²) in [6, 6.07) is 21.2. The maximum atomic E-state index is 13.1. The molecule has 2 amide bonds. The molecule has 186 valence electrons. The van der Waals surface area contributed by atoms with Crippen molar-refractivity contribution in [3.8, 4) is 17.2 Å². The summed E-state index contributed by atoms with van der Waals surface area (Å²) in [4.78, 5) is 25.4. The number of carbonyl (C=O) groups excluding carboxylic acids is 2. The second kappa shape index (κ2) is 11.3. The molecule has 0 fully saturated rings. The number of ether oxygens (including phenoxy) is 4. The molecule has 36 heavy (non-hydrogen) atoms. The molecule has 0 bridgehead atoms. The molecular formula is C28H28N2O6. The zero-order chi connectivity index (χ0) is 25.5. The largest absolute Gasteiger partial charge is 0.497 e. The van der Waals surface area contributed by atoms with Crippen LogP contribution in [0, 0.1) is 0 Å². The van der Waals surface area contributed by atoms with E-state index in [9.17, 15) is 9.59 Å². The van der Waals surface area contributed by atoms with Crippen molar-refractivity contribution in [1.29, 1.82) is 0 Å². The van der Waals surface area contributed by atoms with Crippen LogP contribution in [0.3, 0.4) is 0 Å². The van der Waals surface area contributed by atoms with Gasteiger partial charge in [-0.2, -0.15) is 0 Å². The van der Waals surface area contributed by atoms with Crippen LogP contribution in [-0.4, -0.2) is 26.2 Å². The number of urea groups is 1. The van der Waals surface area contributed by atoms with Crippen molar-refractivity contribution in [1.82, 2.24) is 10.6 Å². The van der Waals surface area contributed by atoms with Gasteiger partial charge < -0.3 is 29.6 Å². The molecule has 1 atom stereocenters. The maximum Gasteiger partial charge on any atom is 0.338 e. The highest BCUT2D eigenvalue weighted by molar-refractivity contribution is 5.95. The number of allylic oxidation sites excluding steroid dienone is 1. The molecule has 0 saturated heterocycles. The first-order valence-electron chi connectivity index (χ1n) is 11.4. The van der Waals surface area contributed by atoms with E-state index in [-0.39, 0.29) is 6.61 Å². The second-order valence-corrected chi connectivity index (χ2v) is 8.18. The number of esters is 1. The third-order valence-corrected chi connectivity index (χ3v) is 5.75. The molecule has 0 radical (unpaired) electrons. The van der Waals surface area contributed by atoms with Crippen LogP contribution in [-0.2, 0) is 22.7 Å². The van der Waals surface area contributed by atoms with Crippen LogP contribution in [0.1, 0.15) is 29.7 Å². The Morgan fingerprint density at radius 2 is 1.64 bits per heavy atom. The third kappa shape index (κ3) is 5.78. The van der Waals surface area contributed by atoms with Crippen molar-refractivity contribution >= 4 is 12.0 Å². The predicted octanol–water partition coefficient (Wildman–Crippen LogP) is 4.65. The van der Waals surface area contributed by atoms with Crippen molar-refractivity contribution in [2.24, 2.45) is 0 Å². The number of nitrogens with one attached hydrogen (secondary N) is 2. The summed E-state index contributed by atoms with van der Waals surface area (Å²) in [7, 11) is 3.12. The van der Waals surface area contributed by atoms with Crippen molar-refractivity contribution in [2.75, 3.05) is 14.2 Å². The van der Waals surface area contributed by atoms with Crippen LogP contribution in [0.5, 0.6) is 17.2 Å². The number of carbonyl (C=O) groups is 2. The first-order chi connectivity index (χ1) is 17.5. The van der Waals surface area contributed by atoms with Gasteiger partial charge in [-0.3, -0.25) is 0 Å². The van der Waals surface area contributed by atoms with Gasteiger partial charge in [-0.1, -0.05) is 48.5 Å². The molecule has 4 rings (SSSR count). The van der Waals surface area contributed by atoms with E-state index in [1.807, 2.05) is 48.5 Å². The molecule has 8 nitrogen and oxygen atoms in total. The zero-order valence-electron chi connectivity index (χ0n) is 20.4. The minimum absolute atomic E-state index is 0.0586. The van der Waals surface area contributed by atoms with Crippen LogP contribution in [0.4, 0.5) is 4.79 Å². The number of methoxy groups -OCH3 is 2. The quantitative estimate of drug-likeness (QED) is 0.426. The fraction of sp³-hybridized carbons (Fsp3) is 0.214. The average molecular weight is 489 g/mol. The van der Waals surface area contributed by atoms with E-state index in [0.717, 1.165) is 11.1 Å². The Morgan fingerprint density at radius 1 is 0.861 bits per heavy atom. The van der Waals surface area contributed by atoms with E-state index >= 15 is 0 Å². The van der Waals surface area contributed by atoms with Gasteiger partial charge in [0, 0.05) is 5.70 Å². The van der Waals surface area contributed by atoms with Gasteiger partial charge in [0.05, 0.1) is 25.8 Å². The molecule has 1 aliphatic heterocycles. The Bertz CT molecular complexity index is 1270. The fourth-order valence-corrected chi connectivity index (χ4v) is 3.92. The monoisotopic (exact) mass is 488 g/mol. The molecule has 3 aromatic carbocycles. The Balaban J connectivity index is 1.54. The van der Waals surface area contributed by atoms with Crippen molar-refractivity contribution in [3.63, 3.8) is 0 Å². The van der Waals surface area contributed by atoms with Gasteiger partial charge in [0.15, 0.2) is 11.5 Å². The van der Waals surface area contributed by atoms with Crippen molar-refractivity contribution < 1.29 is 28.5 Å². The Hall–Kier alpha value is -4.46. The highest BCUT2D eigenvalue weighted by Crippen LogP contribution is 2.35. The molecule has 1 unspecified atom stereocenters. The maximum absolute atomic E-state index is 13.1. The number of rotatable bonds is 9. The lowest BCUT2D eigenvalue weighted by Crippen LogP contribution is -2.45. The summed E-state index contributed by atoms with van der Waals surface area (Å²) in [5.41, 5.74) is 3.18. The fourth-order valence-electron chi connectivity index (χ4n) is 3.92. The molecule has 0 aromatic heterocycles. The van der Waals surface area contributed by atoms with E-state index in [4.69, 9.17) is 18.9 Å². The topological polar surface area (TPSA) is 95.1 Å². The normalized spacial score (nSPS) is 15.0. The highest BCUT2D eigenvalue weighted by atomic mass is 16.5. The summed E-state index contributed by atoms with van der Waals surface area (Å²) in [6.45, 7) is 2.10. The van der Waals surface area contributed by atoms with Gasteiger partial charge in [-0.05, 0) is 47.9 Å². The number of amides is 2. The van der Waals surface area contributed by atoms with Crippen LogP contribution < -0.4 is 24.8 Å². The van der Waals surface area contributed by atoms with E-state index in [1.165, 1.54) is 0 Å². The van der Waals surface area contributed by atoms with Gasteiger partial charge in [0.2, 0.25) is 0 Å². The van der Waals surface area contributed by atoms with Crippen LogP contribution in [0.2, 0.25) is 0 Å². The molecule has 2 N–H and O–H groups in total. The lowest BCUT2D eigenvalue weighted by molar-refractivity contribution is -0.140. The van der Waals surface area contributed by atoms with Crippen molar-refractivity contribution in [3.05, 3.63) is 101 Å². The number of benzene rings is 3. The summed E-state index contributed by atoms with van der Waals surface area (Å²) < 4.78 is 22.3. The first-order valence-corrected chi connectivity index (χ1v) is 11.4. The molecule has 0 aliphatic carbocycles. The Kier molecular flexibility index (Phi) is 7.75. The number of hydrogen-bond donors (Lipinski definition) is 2. The van der Waals surface area contributed by atoms with E-state index in [1.54, 1.807) is 45.4 Å². The summed E-state index contributed by atoms with van der Waals surface area (Å²) in [5.74, 6) is 1.16. The first kappa shape index (κ1) is 24.7. The van der Waals surface area contributed by atoms with E-state index < -0.39 is 18.0 Å². The Labute approximate surface area is 209 Å². The lowest BCUT2D eigenvalue weighted by atomic mass is 9.95. The number of hydrogen-bond acceptors (Lipinski definition) is 6. The summed E-state index contributed by atoms with van der Waals surface area (Å²) in [6.07, 6.45) is 0. The molecular weight excluding hydrogens is 460 g/mol. The van der Waals surface area contributed by atoms with Gasteiger partial charge in [0.25, 0.3) is 0 Å². The standard InChI is InChI=1S/C28H28N2O6/c1-18-25(27(31)36-17-20-10-7-11-22(14-20)33-2)26(30-28(32)29-18)21-12-13-23(24(15-21)34-3)35-16-19-8-5-4-6-9-19/h4-15,26H,16-17H2,1-3H3,(H2,29,30,32). The van der Waals surface area contributed by atoms with Gasteiger partial charge in [-0.25, -0.2) is 9.59 Å². The van der Waals surface area contributed by atoms with E-state index in [2.05, 4.69) is 10.6 Å². The van der Waals surface area contributed by atoms with Gasteiger partial charge >= 0.3 is 12.0 Å². The van der Waals surface area contributed by atoms with Gasteiger partial charge in [0.1, 0.15) is 19.0 Å². The molecule has 1 heterocycles. The third-order valence-electron chi connectivity index (χ3n) is 5.75. The van der Waals surface area contributed by atoms with Crippen molar-refractivity contribution in [2.45, 2.75) is 26.2 Å². The summed E-state index contributed by atoms with van der Waals surface area (Å²) >= 11 is 0. The minimum atomic E-state index is -0.728. The Morgan fingerprint density at radius 3 is 2.39 bits per heavy atom. The summed E-state index contributed by atoms with van der Waals surface area (Å²) in [5, 5.41) is 5.47. The SMILES string of the molecule is COc1cccc(COC(=O)C2=C(C)NC(=O)NC2c2ccc(OCc3ccccc3)c(OC)c2)c1. The molecule has 3 aromatic rings. The van der Waals surface area contributed by atoms with Gasteiger partial charge in [-0.15, -0.1) is 0 Å². The average Bonchev–Trinajstić information content (AvgIpc) is 2.90. The zero-order valence-corrected chi connectivity index (χ0v) is 20.4. The second-order valence-electron chi connectivity index (χ2n) is 8.18. The van der Waals surface area contributed by atoms with Crippen LogP contribution in [0.15, 0.2) is 84.1 Å². The van der Waals surface area contributed by atoms with Crippen LogP contribution in [0.25, 0.3) is 0 Å². The smallest absolute Gasteiger partial charge is 0.338 e. The molecule has 8 heteroatoms. The highest BCUT2D eigenvalue weighted by Gasteiger charge is 2.33. The molecule has 1 aliphatic rings. The minimum Gasteiger partial charge on any atom is -0.497 e. The lowest BCUT2D eigenvalue weighted by Gasteiger charge is -2.28. The van der Waals surface area contributed by atoms with Crippen LogP contribution >= 0.6 is 0 Å². The molecule has 0 spiro atoms. The molecule has 0 saturated carbocycles.